The molecule has 1 rings (SSSR count). The van der Waals surface area contributed by atoms with Crippen LogP contribution in [-0.2, 0) is 4.79 Å². The number of carboxylic acid groups (broad SMARTS) is 1. The summed E-state index contributed by atoms with van der Waals surface area (Å²) >= 11 is 1.42. The van der Waals surface area contributed by atoms with Crippen molar-refractivity contribution in [3.8, 4) is 0 Å². The topological polar surface area (TPSA) is 49.3 Å². The normalized spacial score (nSPS) is 14.2. The zero-order valence-corrected chi connectivity index (χ0v) is 13.0. The first-order chi connectivity index (χ1) is 9.35. The fourth-order valence-electron chi connectivity index (χ4n) is 2.05. The van der Waals surface area contributed by atoms with Crippen LogP contribution in [0.4, 0.5) is 4.39 Å². The first-order valence-corrected chi connectivity index (χ1v) is 7.72. The van der Waals surface area contributed by atoms with Crippen LogP contribution in [0.25, 0.3) is 0 Å². The van der Waals surface area contributed by atoms with Crippen LogP contribution in [0.2, 0.25) is 0 Å². The molecule has 0 amide bonds. The van der Waals surface area contributed by atoms with E-state index < -0.39 is 11.5 Å². The first-order valence-electron chi connectivity index (χ1n) is 6.73. The van der Waals surface area contributed by atoms with Crippen LogP contribution in [0, 0.1) is 5.82 Å². The van der Waals surface area contributed by atoms with Crippen LogP contribution >= 0.6 is 11.8 Å². The number of aliphatic carboxylic acids is 1. The van der Waals surface area contributed by atoms with Gasteiger partial charge in [0.05, 0.1) is 0 Å². The number of rotatable bonds is 8. The molecule has 1 aromatic carbocycles. The van der Waals surface area contributed by atoms with Gasteiger partial charge in [-0.05, 0) is 51.5 Å². The van der Waals surface area contributed by atoms with E-state index >= 15 is 0 Å². The van der Waals surface area contributed by atoms with Gasteiger partial charge in [0.15, 0.2) is 0 Å². The Hall–Kier alpha value is -1.07. The number of thioether (sulfide) groups is 1. The monoisotopic (exact) mass is 299 g/mol. The standard InChI is InChI=1S/C15H22FNO2S/c1-11(2)17-15(3,14(18)19)9-6-10-20-13-8-5-4-7-12(13)16/h4-5,7-8,11,17H,6,9-10H2,1-3H3,(H,18,19). The van der Waals surface area contributed by atoms with Gasteiger partial charge in [-0.2, -0.15) is 0 Å². The second-order valence-electron chi connectivity index (χ2n) is 5.32. The molecular weight excluding hydrogens is 277 g/mol. The number of benzene rings is 1. The third-order valence-corrected chi connectivity index (χ3v) is 4.13. The molecule has 0 fully saturated rings. The van der Waals surface area contributed by atoms with Crippen LogP contribution < -0.4 is 5.32 Å². The van der Waals surface area contributed by atoms with Gasteiger partial charge in [-0.25, -0.2) is 4.39 Å². The Morgan fingerprint density at radius 1 is 1.45 bits per heavy atom. The summed E-state index contributed by atoms with van der Waals surface area (Å²) in [6.45, 7) is 5.55. The highest BCUT2D eigenvalue weighted by Crippen LogP contribution is 2.24. The minimum Gasteiger partial charge on any atom is -0.480 e. The van der Waals surface area contributed by atoms with Crippen molar-refractivity contribution in [2.24, 2.45) is 0 Å². The number of hydrogen-bond donors (Lipinski definition) is 2. The van der Waals surface area contributed by atoms with Gasteiger partial charge in [-0.1, -0.05) is 12.1 Å². The molecular formula is C15H22FNO2S. The third kappa shape index (κ3) is 5.13. The summed E-state index contributed by atoms with van der Waals surface area (Å²) in [6, 6.07) is 6.74. The Morgan fingerprint density at radius 3 is 2.65 bits per heavy atom. The average Bonchev–Trinajstić information content (AvgIpc) is 2.35. The maximum absolute atomic E-state index is 13.4. The molecule has 2 N–H and O–H groups in total. The van der Waals surface area contributed by atoms with Gasteiger partial charge in [0, 0.05) is 10.9 Å². The van der Waals surface area contributed by atoms with Crippen LogP contribution in [0.15, 0.2) is 29.2 Å². The predicted octanol–water partition coefficient (Wildman–Crippen LogP) is 3.54. The van der Waals surface area contributed by atoms with E-state index in [2.05, 4.69) is 5.32 Å². The Kier molecular flexibility index (Phi) is 6.49. The van der Waals surface area contributed by atoms with Gasteiger partial charge in [-0.3, -0.25) is 10.1 Å². The summed E-state index contributed by atoms with van der Waals surface area (Å²) in [5.41, 5.74) is -0.927. The van der Waals surface area contributed by atoms with Crippen molar-refractivity contribution >= 4 is 17.7 Å². The van der Waals surface area contributed by atoms with Crippen molar-refractivity contribution in [2.45, 2.75) is 50.1 Å². The van der Waals surface area contributed by atoms with E-state index in [4.69, 9.17) is 0 Å². The van der Waals surface area contributed by atoms with Gasteiger partial charge >= 0.3 is 5.97 Å². The molecule has 112 valence electrons. The average molecular weight is 299 g/mol. The molecule has 1 atom stereocenters. The molecule has 3 nitrogen and oxygen atoms in total. The maximum atomic E-state index is 13.4. The van der Waals surface area contributed by atoms with E-state index in [1.54, 1.807) is 25.1 Å². The van der Waals surface area contributed by atoms with E-state index in [0.29, 0.717) is 23.5 Å². The molecule has 0 aliphatic rings. The fraction of sp³-hybridized carbons (Fsp3) is 0.533. The minimum atomic E-state index is -0.927. The Balaban J connectivity index is 2.46. The minimum absolute atomic E-state index is 0.107. The van der Waals surface area contributed by atoms with E-state index in [0.717, 1.165) is 0 Å². The Morgan fingerprint density at radius 2 is 2.10 bits per heavy atom. The summed E-state index contributed by atoms with van der Waals surface area (Å²) in [5, 5.41) is 12.4. The van der Waals surface area contributed by atoms with Crippen molar-refractivity contribution in [1.82, 2.24) is 5.32 Å². The van der Waals surface area contributed by atoms with Gasteiger partial charge in [0.1, 0.15) is 11.4 Å². The largest absolute Gasteiger partial charge is 0.480 e. The van der Waals surface area contributed by atoms with Gasteiger partial charge < -0.3 is 5.11 Å². The van der Waals surface area contributed by atoms with Crippen molar-refractivity contribution in [2.75, 3.05) is 5.75 Å². The summed E-state index contributed by atoms with van der Waals surface area (Å²) in [7, 11) is 0. The van der Waals surface area contributed by atoms with Gasteiger partial charge in [-0.15, -0.1) is 11.8 Å². The molecule has 1 unspecified atom stereocenters. The molecule has 5 heteroatoms. The van der Waals surface area contributed by atoms with Crippen molar-refractivity contribution in [3.05, 3.63) is 30.1 Å². The lowest BCUT2D eigenvalue weighted by molar-refractivity contribution is -0.144. The van der Waals surface area contributed by atoms with Gasteiger partial charge in [0.25, 0.3) is 0 Å². The molecule has 0 spiro atoms. The predicted molar refractivity (Wildman–Crippen MR) is 80.7 cm³/mol. The lowest BCUT2D eigenvalue weighted by Gasteiger charge is -2.28. The second kappa shape index (κ2) is 7.64. The van der Waals surface area contributed by atoms with Crippen LogP contribution in [0.3, 0.4) is 0 Å². The quantitative estimate of drug-likeness (QED) is 0.569. The smallest absolute Gasteiger partial charge is 0.323 e. The lowest BCUT2D eigenvalue weighted by Crippen LogP contribution is -2.52. The molecule has 20 heavy (non-hydrogen) atoms. The number of halogens is 1. The third-order valence-electron chi connectivity index (χ3n) is 2.99. The molecule has 0 bridgehead atoms. The van der Waals surface area contributed by atoms with E-state index in [-0.39, 0.29) is 11.9 Å². The summed E-state index contributed by atoms with van der Waals surface area (Å²) < 4.78 is 13.4. The molecule has 1 aromatic rings. The fourth-order valence-corrected chi connectivity index (χ4v) is 2.94. The summed E-state index contributed by atoms with van der Waals surface area (Å²) in [6.07, 6.45) is 1.23. The SMILES string of the molecule is CC(C)NC(C)(CCCSc1ccccc1F)C(=O)O. The van der Waals surface area contributed by atoms with Crippen LogP contribution in [0.5, 0.6) is 0 Å². The van der Waals surface area contributed by atoms with Crippen LogP contribution in [-0.4, -0.2) is 28.4 Å². The molecule has 0 aliphatic carbocycles. The number of carboxylic acids is 1. The Labute approximate surface area is 124 Å². The van der Waals surface area contributed by atoms with Crippen LogP contribution in [0.1, 0.15) is 33.6 Å². The first kappa shape index (κ1) is 17.0. The molecule has 0 radical (unpaired) electrons. The highest BCUT2D eigenvalue weighted by atomic mass is 32.2. The Bertz CT molecular complexity index is 453. The highest BCUT2D eigenvalue weighted by Gasteiger charge is 2.32. The lowest BCUT2D eigenvalue weighted by atomic mass is 9.95. The molecule has 0 heterocycles. The van der Waals surface area contributed by atoms with Crippen molar-refractivity contribution in [1.29, 1.82) is 0 Å². The zero-order chi connectivity index (χ0) is 15.2. The van der Waals surface area contributed by atoms with Crippen molar-refractivity contribution < 1.29 is 14.3 Å². The van der Waals surface area contributed by atoms with E-state index in [1.165, 1.54) is 17.8 Å². The molecule has 0 aliphatic heterocycles. The van der Waals surface area contributed by atoms with Gasteiger partial charge in [0.2, 0.25) is 0 Å². The number of carbonyl (C=O) groups is 1. The van der Waals surface area contributed by atoms with Crippen molar-refractivity contribution in [3.63, 3.8) is 0 Å². The second-order valence-corrected chi connectivity index (χ2v) is 6.46. The molecule has 0 aromatic heterocycles. The zero-order valence-electron chi connectivity index (χ0n) is 12.1. The number of nitrogens with one attached hydrogen (secondary N) is 1. The highest BCUT2D eigenvalue weighted by molar-refractivity contribution is 7.99. The van der Waals surface area contributed by atoms with E-state index in [1.807, 2.05) is 13.8 Å². The molecule has 0 saturated carbocycles. The maximum Gasteiger partial charge on any atom is 0.323 e. The van der Waals surface area contributed by atoms with E-state index in [9.17, 15) is 14.3 Å². The summed E-state index contributed by atoms with van der Waals surface area (Å²) in [4.78, 5) is 12.0. The summed E-state index contributed by atoms with van der Waals surface area (Å²) in [5.74, 6) is -0.371. The molecule has 0 saturated heterocycles. The number of hydrogen-bond acceptors (Lipinski definition) is 3.